The number of benzene rings is 1. The van der Waals surface area contributed by atoms with Crippen LogP contribution in [0.25, 0.3) is 5.69 Å². The highest BCUT2D eigenvalue weighted by Crippen LogP contribution is 2.18. The van der Waals surface area contributed by atoms with Crippen LogP contribution in [-0.4, -0.2) is 44.9 Å². The van der Waals surface area contributed by atoms with Gasteiger partial charge in [-0.1, -0.05) is 0 Å². The van der Waals surface area contributed by atoms with Crippen molar-refractivity contribution in [3.63, 3.8) is 0 Å². The van der Waals surface area contributed by atoms with Crippen molar-refractivity contribution in [3.05, 3.63) is 42.0 Å². The summed E-state index contributed by atoms with van der Waals surface area (Å²) in [6, 6.07) is 5.84. The lowest BCUT2D eigenvalue weighted by atomic mass is 10.2. The Balaban J connectivity index is 0.00000176. The molecule has 22 heavy (non-hydrogen) atoms. The van der Waals surface area contributed by atoms with Crippen molar-refractivity contribution < 1.29 is 9.18 Å². The van der Waals surface area contributed by atoms with Crippen LogP contribution < -0.4 is 5.73 Å². The zero-order chi connectivity index (χ0) is 14.8. The average molecular weight is 326 g/mol. The van der Waals surface area contributed by atoms with Crippen LogP contribution >= 0.6 is 12.4 Å². The van der Waals surface area contributed by atoms with Crippen molar-refractivity contribution >= 4 is 18.3 Å². The highest BCUT2D eigenvalue weighted by Gasteiger charge is 2.29. The normalized spacial score (nSPS) is 17.4. The summed E-state index contributed by atoms with van der Waals surface area (Å²) in [6.45, 7) is 1.15. The van der Waals surface area contributed by atoms with Crippen molar-refractivity contribution in [1.82, 2.24) is 19.9 Å². The standard InChI is InChI=1S/C14H16FN5O.ClH/c15-10-3-5-11(6-4-10)20-17-9-13(18-20)14(21)19-7-1-2-12(19)8-16;/h3-6,9,12H,1-2,7-8,16H2;1H. The van der Waals surface area contributed by atoms with Gasteiger partial charge in [-0.3, -0.25) is 4.79 Å². The maximum absolute atomic E-state index is 12.9. The molecular weight excluding hydrogens is 309 g/mol. The molecule has 3 rings (SSSR count). The maximum atomic E-state index is 12.9. The summed E-state index contributed by atoms with van der Waals surface area (Å²) in [7, 11) is 0. The number of nitrogens with zero attached hydrogens (tertiary/aromatic N) is 4. The van der Waals surface area contributed by atoms with E-state index in [1.165, 1.54) is 23.1 Å². The number of halogens is 2. The van der Waals surface area contributed by atoms with E-state index < -0.39 is 0 Å². The molecule has 1 unspecified atom stereocenters. The van der Waals surface area contributed by atoms with Gasteiger partial charge >= 0.3 is 0 Å². The predicted octanol–water partition coefficient (Wildman–Crippen LogP) is 1.39. The number of rotatable bonds is 3. The Morgan fingerprint density at radius 2 is 2.09 bits per heavy atom. The summed E-state index contributed by atoms with van der Waals surface area (Å²) in [4.78, 5) is 15.5. The lowest BCUT2D eigenvalue weighted by molar-refractivity contribution is 0.0734. The third kappa shape index (κ3) is 3.10. The third-order valence-electron chi connectivity index (χ3n) is 3.68. The third-order valence-corrected chi connectivity index (χ3v) is 3.68. The average Bonchev–Trinajstić information content (AvgIpc) is 3.16. The number of carbonyl (C=O) groups excluding carboxylic acids is 1. The molecule has 1 aliphatic heterocycles. The first-order valence-corrected chi connectivity index (χ1v) is 6.88. The van der Waals surface area contributed by atoms with Crippen LogP contribution in [0.3, 0.4) is 0 Å². The molecule has 2 aromatic rings. The van der Waals surface area contributed by atoms with Gasteiger partial charge in [0.15, 0.2) is 5.69 Å². The molecule has 8 heteroatoms. The van der Waals surface area contributed by atoms with E-state index in [0.717, 1.165) is 12.8 Å². The second-order valence-corrected chi connectivity index (χ2v) is 5.03. The lowest BCUT2D eigenvalue weighted by Gasteiger charge is -2.22. The summed E-state index contributed by atoms with van der Waals surface area (Å²) in [5.41, 5.74) is 6.56. The first-order chi connectivity index (χ1) is 10.2. The van der Waals surface area contributed by atoms with E-state index in [1.54, 1.807) is 17.0 Å². The van der Waals surface area contributed by atoms with Crippen LogP contribution in [0.1, 0.15) is 23.3 Å². The Kier molecular flexibility index (Phi) is 5.10. The number of aromatic nitrogens is 3. The molecule has 0 saturated carbocycles. The monoisotopic (exact) mass is 325 g/mol. The fraction of sp³-hybridized carbons (Fsp3) is 0.357. The number of likely N-dealkylation sites (tertiary alicyclic amines) is 1. The minimum atomic E-state index is -0.329. The molecule has 1 saturated heterocycles. The zero-order valence-electron chi connectivity index (χ0n) is 11.9. The largest absolute Gasteiger partial charge is 0.333 e. The number of nitrogens with two attached hydrogens (primary N) is 1. The van der Waals surface area contributed by atoms with Crippen molar-refractivity contribution in [2.75, 3.05) is 13.1 Å². The Morgan fingerprint density at radius 3 is 2.77 bits per heavy atom. The van der Waals surface area contributed by atoms with E-state index in [1.807, 2.05) is 0 Å². The summed E-state index contributed by atoms with van der Waals surface area (Å²) >= 11 is 0. The molecule has 1 atom stereocenters. The van der Waals surface area contributed by atoms with Gasteiger partial charge in [0.25, 0.3) is 5.91 Å². The van der Waals surface area contributed by atoms with E-state index in [4.69, 9.17) is 5.73 Å². The second kappa shape index (κ2) is 6.85. The van der Waals surface area contributed by atoms with Gasteiger partial charge in [-0.05, 0) is 37.1 Å². The van der Waals surface area contributed by atoms with Gasteiger partial charge in [0.05, 0.1) is 11.9 Å². The van der Waals surface area contributed by atoms with Crippen molar-refractivity contribution in [2.45, 2.75) is 18.9 Å². The summed E-state index contributed by atoms with van der Waals surface area (Å²) in [6.07, 6.45) is 3.31. The molecule has 1 fully saturated rings. The van der Waals surface area contributed by atoms with Crippen molar-refractivity contribution in [3.8, 4) is 5.69 Å². The van der Waals surface area contributed by atoms with Crippen LogP contribution in [0.15, 0.2) is 30.5 Å². The molecule has 0 radical (unpaired) electrons. The van der Waals surface area contributed by atoms with Crippen LogP contribution in [0, 0.1) is 5.82 Å². The topological polar surface area (TPSA) is 77.0 Å². The number of amides is 1. The van der Waals surface area contributed by atoms with Gasteiger partial charge < -0.3 is 10.6 Å². The summed E-state index contributed by atoms with van der Waals surface area (Å²) < 4.78 is 12.9. The van der Waals surface area contributed by atoms with Crippen LogP contribution in [0.4, 0.5) is 4.39 Å². The SMILES string of the molecule is Cl.NCC1CCCN1C(=O)c1cnn(-c2ccc(F)cc2)n1. The Bertz CT molecular complexity index is 645. The van der Waals surface area contributed by atoms with Crippen LogP contribution in [0.2, 0.25) is 0 Å². The highest BCUT2D eigenvalue weighted by molar-refractivity contribution is 5.92. The molecule has 0 aliphatic carbocycles. The fourth-order valence-electron chi connectivity index (χ4n) is 2.56. The molecule has 6 nitrogen and oxygen atoms in total. The minimum Gasteiger partial charge on any atom is -0.333 e. The zero-order valence-corrected chi connectivity index (χ0v) is 12.7. The van der Waals surface area contributed by atoms with E-state index in [2.05, 4.69) is 10.2 Å². The lowest BCUT2D eigenvalue weighted by Crippen LogP contribution is -2.40. The van der Waals surface area contributed by atoms with Gasteiger partial charge in [0.2, 0.25) is 0 Å². The first kappa shape index (κ1) is 16.4. The first-order valence-electron chi connectivity index (χ1n) is 6.88. The van der Waals surface area contributed by atoms with E-state index in [9.17, 15) is 9.18 Å². The Morgan fingerprint density at radius 1 is 1.36 bits per heavy atom. The molecule has 0 bridgehead atoms. The molecule has 0 spiro atoms. The molecule has 118 valence electrons. The molecule has 1 aromatic carbocycles. The Hall–Kier alpha value is -1.99. The van der Waals surface area contributed by atoms with Gasteiger partial charge in [-0.2, -0.15) is 9.90 Å². The quantitative estimate of drug-likeness (QED) is 0.925. The summed E-state index contributed by atoms with van der Waals surface area (Å²) in [5, 5.41) is 8.24. The van der Waals surface area contributed by atoms with Crippen molar-refractivity contribution in [1.29, 1.82) is 0 Å². The molecule has 2 N–H and O–H groups in total. The number of carbonyl (C=O) groups is 1. The number of hydrogen-bond acceptors (Lipinski definition) is 4. The Labute approximate surface area is 133 Å². The second-order valence-electron chi connectivity index (χ2n) is 5.03. The van der Waals surface area contributed by atoms with E-state index in [-0.39, 0.29) is 35.9 Å². The molecule has 1 amide bonds. The van der Waals surface area contributed by atoms with Gasteiger partial charge in [-0.15, -0.1) is 17.5 Å². The highest BCUT2D eigenvalue weighted by atomic mass is 35.5. The smallest absolute Gasteiger partial charge is 0.276 e. The predicted molar refractivity (Wildman–Crippen MR) is 81.7 cm³/mol. The number of hydrogen-bond donors (Lipinski definition) is 1. The van der Waals surface area contributed by atoms with Gasteiger partial charge in [-0.25, -0.2) is 4.39 Å². The van der Waals surface area contributed by atoms with Crippen molar-refractivity contribution in [2.24, 2.45) is 5.73 Å². The van der Waals surface area contributed by atoms with Gasteiger partial charge in [0.1, 0.15) is 5.82 Å². The van der Waals surface area contributed by atoms with Crippen LogP contribution in [-0.2, 0) is 0 Å². The van der Waals surface area contributed by atoms with E-state index >= 15 is 0 Å². The molecule has 1 aromatic heterocycles. The fourth-order valence-corrected chi connectivity index (χ4v) is 2.56. The summed E-state index contributed by atoms with van der Waals surface area (Å²) in [5.74, 6) is -0.485. The van der Waals surface area contributed by atoms with E-state index in [0.29, 0.717) is 18.8 Å². The minimum absolute atomic E-state index is 0. The maximum Gasteiger partial charge on any atom is 0.276 e. The molecular formula is C14H17ClFN5O. The van der Waals surface area contributed by atoms with Gasteiger partial charge in [0, 0.05) is 19.1 Å². The molecule has 1 aliphatic rings. The van der Waals surface area contributed by atoms with Crippen LogP contribution in [0.5, 0.6) is 0 Å². The molecule has 2 heterocycles.